The van der Waals surface area contributed by atoms with Crippen molar-refractivity contribution in [2.45, 2.75) is 18.5 Å². The number of halogens is 1. The molecule has 1 aliphatic heterocycles. The monoisotopic (exact) mass is 528 g/mol. The second-order valence-corrected chi connectivity index (χ2v) is 12.3. The molecule has 39 heavy (non-hydrogen) atoms. The van der Waals surface area contributed by atoms with Crippen LogP contribution in [0.2, 0.25) is 0 Å². The molecule has 0 unspecified atom stereocenters. The molecule has 10 rings (SSSR count). The van der Waals surface area contributed by atoms with Crippen LogP contribution in [0.5, 0.6) is 5.75 Å². The van der Waals surface area contributed by atoms with Gasteiger partial charge in [0.15, 0.2) is 11.5 Å². The Balaban J connectivity index is 0.926. The van der Waals surface area contributed by atoms with E-state index in [1.165, 1.54) is 6.07 Å². The molecule has 198 valence electrons. The van der Waals surface area contributed by atoms with Crippen LogP contribution in [-0.2, 0) is 17.8 Å². The molecule has 1 aromatic carbocycles. The van der Waals surface area contributed by atoms with Gasteiger partial charge in [-0.15, -0.1) is 0 Å². The SMILES string of the molecule is CN(C)C12C3C4C1C1C2C3C41CNC(=O)c1cc(C(=O)NCc2ccc3c(c2)CC(=O)O3)nc2c(F)cnn12. The molecule has 2 aromatic heterocycles. The summed E-state index contributed by atoms with van der Waals surface area (Å²) in [7, 11) is 4.40. The van der Waals surface area contributed by atoms with Crippen LogP contribution in [0.25, 0.3) is 5.65 Å². The van der Waals surface area contributed by atoms with Crippen molar-refractivity contribution in [3.8, 4) is 5.75 Å². The Bertz CT molecular complexity index is 1640. The van der Waals surface area contributed by atoms with Crippen molar-refractivity contribution >= 4 is 23.4 Å². The summed E-state index contributed by atoms with van der Waals surface area (Å²) in [5.41, 5.74) is 2.05. The zero-order chi connectivity index (χ0) is 26.6. The molecule has 0 bridgehead atoms. The Morgan fingerprint density at radius 3 is 2.56 bits per heavy atom. The van der Waals surface area contributed by atoms with E-state index in [0.29, 0.717) is 35.6 Å². The molecule has 6 aliphatic carbocycles. The summed E-state index contributed by atoms with van der Waals surface area (Å²) in [6.07, 6.45) is 1.18. The Kier molecular flexibility index (Phi) is 3.75. The molecule has 11 heteroatoms. The first-order valence-electron chi connectivity index (χ1n) is 13.4. The quantitative estimate of drug-likeness (QED) is 0.348. The fourth-order valence-corrected chi connectivity index (χ4v) is 10.0. The lowest BCUT2D eigenvalue weighted by Crippen LogP contribution is -3.15. The topological polar surface area (TPSA) is 118 Å². The van der Waals surface area contributed by atoms with Gasteiger partial charge in [0.25, 0.3) is 11.8 Å². The third-order valence-electron chi connectivity index (χ3n) is 11.1. The van der Waals surface area contributed by atoms with Crippen molar-refractivity contribution in [2.24, 2.45) is 40.9 Å². The Hall–Kier alpha value is -3.86. The zero-order valence-electron chi connectivity index (χ0n) is 21.3. The minimum absolute atomic E-state index is 0.0731. The van der Waals surface area contributed by atoms with Crippen molar-refractivity contribution < 1.29 is 23.5 Å². The number of nitrogens with zero attached hydrogens (tertiary/aromatic N) is 4. The maximum atomic E-state index is 14.5. The molecule has 10 nitrogen and oxygen atoms in total. The average Bonchev–Trinajstić information content (AvgIpc) is 3.50. The fraction of sp³-hybridized carbons (Fsp3) is 0.464. The Morgan fingerprint density at radius 2 is 1.85 bits per heavy atom. The van der Waals surface area contributed by atoms with E-state index in [2.05, 4.69) is 39.7 Å². The number of amides is 2. The predicted octanol–water partition coefficient (Wildman–Crippen LogP) is 1.04. The van der Waals surface area contributed by atoms with E-state index in [1.54, 1.807) is 18.2 Å². The molecule has 3 heterocycles. The highest BCUT2D eigenvalue weighted by Crippen LogP contribution is 3.07. The van der Waals surface area contributed by atoms with E-state index in [-0.39, 0.29) is 47.3 Å². The van der Waals surface area contributed by atoms with Crippen LogP contribution in [0.15, 0.2) is 30.5 Å². The number of fused-ring (bicyclic) bond motifs is 2. The number of rotatable bonds is 7. The highest BCUT2D eigenvalue weighted by atomic mass is 19.1. The molecule has 0 spiro atoms. The van der Waals surface area contributed by atoms with Gasteiger partial charge in [-0.05, 0) is 72.7 Å². The highest BCUT2D eigenvalue weighted by Gasteiger charge is 3.09. The van der Waals surface area contributed by atoms with Crippen LogP contribution < -0.4 is 15.4 Å². The largest absolute Gasteiger partial charge is 0.426 e. The van der Waals surface area contributed by atoms with Gasteiger partial charge in [-0.3, -0.25) is 14.4 Å². The molecule has 6 saturated carbocycles. The van der Waals surface area contributed by atoms with Crippen LogP contribution in [0, 0.1) is 46.7 Å². The number of esters is 1. The van der Waals surface area contributed by atoms with E-state index in [9.17, 15) is 18.8 Å². The van der Waals surface area contributed by atoms with Gasteiger partial charge < -0.3 is 20.3 Å². The smallest absolute Gasteiger partial charge is 0.315 e. The predicted molar refractivity (Wildman–Crippen MR) is 132 cm³/mol. The molecule has 7 aliphatic rings. The maximum absolute atomic E-state index is 14.5. The number of hydrogen-bond donors (Lipinski definition) is 2. The number of carbonyl (C=O) groups excluding carboxylic acids is 3. The van der Waals surface area contributed by atoms with Crippen molar-refractivity contribution in [1.29, 1.82) is 0 Å². The molecule has 3 aromatic rings. The minimum atomic E-state index is -0.711. The normalized spacial score (nSPS) is 36.6. The summed E-state index contributed by atoms with van der Waals surface area (Å²) in [5, 5.41) is 9.86. The summed E-state index contributed by atoms with van der Waals surface area (Å²) in [6.45, 7) is 0.777. The first-order valence-corrected chi connectivity index (χ1v) is 13.4. The highest BCUT2D eigenvalue weighted by molar-refractivity contribution is 5.98. The van der Waals surface area contributed by atoms with Crippen LogP contribution in [-0.4, -0.2) is 63.5 Å². The van der Waals surface area contributed by atoms with Crippen molar-refractivity contribution in [3.05, 3.63) is 58.8 Å². The molecule has 0 radical (unpaired) electrons. The fourth-order valence-electron chi connectivity index (χ4n) is 10.0. The van der Waals surface area contributed by atoms with E-state index >= 15 is 0 Å². The summed E-state index contributed by atoms with van der Waals surface area (Å²) < 4.78 is 20.8. The van der Waals surface area contributed by atoms with Crippen LogP contribution in [0.1, 0.15) is 32.1 Å². The van der Waals surface area contributed by atoms with Gasteiger partial charge in [0.2, 0.25) is 0 Å². The lowest BCUT2D eigenvalue weighted by atomic mass is 8.94. The average molecular weight is 529 g/mol. The third-order valence-corrected chi connectivity index (χ3v) is 11.1. The molecule has 2 amide bonds. The van der Waals surface area contributed by atoms with E-state index < -0.39 is 11.7 Å². The van der Waals surface area contributed by atoms with Gasteiger partial charge in [-0.2, -0.15) is 5.10 Å². The Morgan fingerprint density at radius 1 is 1.10 bits per heavy atom. The summed E-state index contributed by atoms with van der Waals surface area (Å²) >= 11 is 0. The number of nitrogens with one attached hydrogen (secondary N) is 2. The maximum Gasteiger partial charge on any atom is 0.315 e. The lowest BCUT2D eigenvalue weighted by molar-refractivity contribution is -0.639. The van der Waals surface area contributed by atoms with Gasteiger partial charge in [-0.1, -0.05) is 6.07 Å². The van der Waals surface area contributed by atoms with E-state index in [1.807, 2.05) is 0 Å². The van der Waals surface area contributed by atoms with Crippen LogP contribution in [0.3, 0.4) is 0 Å². The van der Waals surface area contributed by atoms with E-state index in [0.717, 1.165) is 39.6 Å². The van der Waals surface area contributed by atoms with Gasteiger partial charge >= 0.3 is 5.97 Å². The van der Waals surface area contributed by atoms with Gasteiger partial charge in [-0.25, -0.2) is 13.9 Å². The number of hydrogen-bond acceptors (Lipinski definition) is 7. The van der Waals surface area contributed by atoms with Gasteiger partial charge in [0.05, 0.1) is 12.6 Å². The number of benzene rings is 1. The Labute approximate surface area is 221 Å². The second-order valence-electron chi connectivity index (χ2n) is 12.3. The minimum Gasteiger partial charge on any atom is -0.426 e. The lowest BCUT2D eigenvalue weighted by Gasteiger charge is -3.12. The zero-order valence-corrected chi connectivity index (χ0v) is 21.3. The third kappa shape index (κ3) is 2.18. The first-order chi connectivity index (χ1) is 18.8. The van der Waals surface area contributed by atoms with Crippen molar-refractivity contribution in [1.82, 2.24) is 30.1 Å². The molecule has 2 N–H and O–H groups in total. The summed E-state index contributed by atoms with van der Waals surface area (Å²) in [4.78, 5) is 44.5. The van der Waals surface area contributed by atoms with Crippen LogP contribution in [0.4, 0.5) is 4.39 Å². The first kappa shape index (κ1) is 22.0. The molecular formula is C28H25FN6O4. The number of aromatic nitrogens is 3. The van der Waals surface area contributed by atoms with E-state index in [4.69, 9.17) is 4.74 Å². The molecular weight excluding hydrogens is 503 g/mol. The number of carbonyl (C=O) groups is 3. The van der Waals surface area contributed by atoms with Crippen molar-refractivity contribution in [3.63, 3.8) is 0 Å². The molecule has 6 fully saturated rings. The van der Waals surface area contributed by atoms with Gasteiger partial charge in [0, 0.05) is 30.3 Å². The number of ether oxygens (including phenoxy) is 1. The second kappa shape index (κ2) is 6.64. The standard InChI is InChI=1S/C28H25FN6O4/c1-34(2)28-21-18-22(28)20-23(28)19(21)27(18,20)10-31-26(38)15-7-14(33-24-13(29)9-32-35(15)24)25(37)30-8-11-3-4-16-12(5-11)6-17(36)39-16/h3-5,7,9,18-23H,6,8,10H2,1-2H3,(H,30,37)(H,31,38). The summed E-state index contributed by atoms with van der Waals surface area (Å²) in [5.74, 6) is 3.06. The van der Waals surface area contributed by atoms with Crippen molar-refractivity contribution in [2.75, 3.05) is 20.6 Å². The molecule has 0 atom stereocenters. The summed E-state index contributed by atoms with van der Waals surface area (Å²) in [6, 6.07) is 6.62. The van der Waals surface area contributed by atoms with Crippen LogP contribution >= 0.6 is 0 Å². The van der Waals surface area contributed by atoms with Gasteiger partial charge in [0.1, 0.15) is 17.1 Å². The molecule has 0 saturated heterocycles.